The second-order valence-corrected chi connectivity index (χ2v) is 9.74. The Balaban J connectivity index is 1.14. The second kappa shape index (κ2) is 14.0. The van der Waals surface area contributed by atoms with Crippen LogP contribution >= 0.6 is 0 Å². The molecule has 2 N–H and O–H groups in total. The zero-order chi connectivity index (χ0) is 30.0. The Morgan fingerprint density at radius 1 is 1.05 bits per heavy atom. The highest BCUT2D eigenvalue weighted by Gasteiger charge is 2.33. The number of fused-ring (bicyclic) bond motifs is 3. The molecule has 0 aliphatic carbocycles. The maximum absolute atomic E-state index is 12.8. The van der Waals surface area contributed by atoms with E-state index in [1.807, 2.05) is 41.3 Å². The van der Waals surface area contributed by atoms with Crippen LogP contribution in [0.25, 0.3) is 6.08 Å². The zero-order valence-corrected chi connectivity index (χ0v) is 23.8. The normalized spacial score (nSPS) is 13.5. The molecule has 0 saturated heterocycles. The fraction of sp³-hybridized carbons (Fsp3) is 0.250. The summed E-state index contributed by atoms with van der Waals surface area (Å²) in [6.45, 7) is 1.62. The fourth-order valence-electron chi connectivity index (χ4n) is 4.67. The molecule has 0 unspecified atom stereocenters. The lowest BCUT2D eigenvalue weighted by molar-refractivity contribution is -0.121. The van der Waals surface area contributed by atoms with Crippen LogP contribution in [0.4, 0.5) is 5.69 Å². The van der Waals surface area contributed by atoms with E-state index in [0.29, 0.717) is 60.5 Å². The summed E-state index contributed by atoms with van der Waals surface area (Å²) < 4.78 is 11.6. The third-order valence-electron chi connectivity index (χ3n) is 6.77. The summed E-state index contributed by atoms with van der Waals surface area (Å²) in [4.78, 5) is 52.4. The Morgan fingerprint density at radius 3 is 2.70 bits per heavy atom. The standard InChI is InChI=1S/C32H32N6O5/c1-42-29-26(43-20-18-34-27(40)11-5-10-24(39)13-12-22-7-3-2-4-8-22)15-14-25-28(29)36-32(38-19-17-35-30(25)38)37-31(41)23-9-6-16-33-21-23/h2-4,6-9,12-16,21H,5,10-11,17-20H2,1H3,(H,34,40)(H,36,37,41). The van der Waals surface area contributed by atoms with E-state index < -0.39 is 0 Å². The van der Waals surface area contributed by atoms with Crippen molar-refractivity contribution in [2.75, 3.05) is 33.4 Å². The number of rotatable bonds is 12. The molecule has 0 atom stereocenters. The van der Waals surface area contributed by atoms with Crippen molar-refractivity contribution in [1.29, 1.82) is 0 Å². The molecule has 11 heteroatoms. The van der Waals surface area contributed by atoms with Gasteiger partial charge in [-0.2, -0.15) is 0 Å². The van der Waals surface area contributed by atoms with Gasteiger partial charge in [-0.05, 0) is 42.3 Å². The zero-order valence-electron chi connectivity index (χ0n) is 23.8. The molecule has 5 rings (SSSR count). The predicted octanol–water partition coefficient (Wildman–Crippen LogP) is 3.53. The van der Waals surface area contributed by atoms with Gasteiger partial charge in [-0.25, -0.2) is 4.99 Å². The van der Waals surface area contributed by atoms with Gasteiger partial charge in [-0.15, -0.1) is 0 Å². The Kier molecular flexibility index (Phi) is 9.53. The van der Waals surface area contributed by atoms with Crippen LogP contribution in [0.15, 0.2) is 83.1 Å². The fourth-order valence-corrected chi connectivity index (χ4v) is 4.67. The van der Waals surface area contributed by atoms with Gasteiger partial charge in [0.15, 0.2) is 17.3 Å². The van der Waals surface area contributed by atoms with Gasteiger partial charge in [0.05, 0.1) is 25.8 Å². The van der Waals surface area contributed by atoms with Crippen LogP contribution in [0.5, 0.6) is 11.5 Å². The van der Waals surface area contributed by atoms with Crippen molar-refractivity contribution in [1.82, 2.24) is 20.5 Å². The number of guanidine groups is 1. The molecule has 2 aliphatic heterocycles. The van der Waals surface area contributed by atoms with Crippen LogP contribution < -0.4 is 20.1 Å². The number of ether oxygens (including phenoxy) is 2. The molecule has 220 valence electrons. The van der Waals surface area contributed by atoms with Gasteiger partial charge < -0.3 is 14.8 Å². The first-order chi connectivity index (χ1) is 21.0. The lowest BCUT2D eigenvalue weighted by Gasteiger charge is -2.28. The Hall–Kier alpha value is -5.32. The number of ketones is 1. The summed E-state index contributed by atoms with van der Waals surface area (Å²) in [7, 11) is 1.52. The van der Waals surface area contributed by atoms with Gasteiger partial charge in [0.1, 0.15) is 18.1 Å². The van der Waals surface area contributed by atoms with Crippen molar-refractivity contribution >= 4 is 41.2 Å². The number of nitrogens with one attached hydrogen (secondary N) is 2. The van der Waals surface area contributed by atoms with E-state index in [4.69, 9.17) is 14.5 Å². The van der Waals surface area contributed by atoms with Crippen molar-refractivity contribution in [3.05, 3.63) is 89.8 Å². The molecular weight excluding hydrogens is 548 g/mol. The van der Waals surface area contributed by atoms with E-state index in [0.717, 1.165) is 11.1 Å². The van der Waals surface area contributed by atoms with Crippen LogP contribution in [0, 0.1) is 0 Å². The quantitative estimate of drug-likeness (QED) is 0.247. The van der Waals surface area contributed by atoms with Gasteiger partial charge in [0.2, 0.25) is 11.9 Å². The summed E-state index contributed by atoms with van der Waals surface area (Å²) >= 11 is 0. The van der Waals surface area contributed by atoms with Gasteiger partial charge in [0.25, 0.3) is 5.91 Å². The maximum Gasteiger partial charge on any atom is 0.259 e. The van der Waals surface area contributed by atoms with Gasteiger partial charge in [-0.1, -0.05) is 36.4 Å². The van der Waals surface area contributed by atoms with Crippen molar-refractivity contribution in [2.24, 2.45) is 9.98 Å². The molecule has 2 aromatic carbocycles. The predicted molar refractivity (Wildman–Crippen MR) is 163 cm³/mol. The summed E-state index contributed by atoms with van der Waals surface area (Å²) in [5.41, 5.74) is 2.63. The molecule has 2 amide bonds. The first kappa shape index (κ1) is 29.2. The van der Waals surface area contributed by atoms with E-state index >= 15 is 0 Å². The largest absolute Gasteiger partial charge is 0.491 e. The minimum atomic E-state index is -0.336. The lowest BCUT2D eigenvalue weighted by Crippen LogP contribution is -2.47. The number of hydrogen-bond donors (Lipinski definition) is 2. The lowest BCUT2D eigenvalue weighted by atomic mass is 10.1. The van der Waals surface area contributed by atoms with Crippen LogP contribution in [0.3, 0.4) is 0 Å². The molecule has 0 bridgehead atoms. The number of allylic oxidation sites excluding steroid dienone is 1. The highest BCUT2D eigenvalue weighted by atomic mass is 16.5. The van der Waals surface area contributed by atoms with Gasteiger partial charge in [0, 0.05) is 37.3 Å². The monoisotopic (exact) mass is 580 g/mol. The molecule has 3 heterocycles. The average molecular weight is 581 g/mol. The summed E-state index contributed by atoms with van der Waals surface area (Å²) in [6, 6.07) is 16.6. The van der Waals surface area contributed by atoms with E-state index in [-0.39, 0.29) is 37.2 Å². The van der Waals surface area contributed by atoms with Crippen LogP contribution in [-0.4, -0.2) is 72.6 Å². The van der Waals surface area contributed by atoms with E-state index in [1.54, 1.807) is 36.5 Å². The number of benzene rings is 2. The number of aliphatic imine (C=N–C) groups is 2. The van der Waals surface area contributed by atoms with Crippen molar-refractivity contribution in [2.45, 2.75) is 19.3 Å². The topological polar surface area (TPSA) is 135 Å². The third kappa shape index (κ3) is 7.31. The molecule has 43 heavy (non-hydrogen) atoms. The molecule has 0 saturated carbocycles. The number of carbonyl (C=O) groups is 3. The molecule has 1 aromatic heterocycles. The maximum atomic E-state index is 12.8. The Bertz CT molecular complexity index is 1570. The van der Waals surface area contributed by atoms with Gasteiger partial charge >= 0.3 is 0 Å². The molecule has 3 aromatic rings. The molecule has 2 aliphatic rings. The number of amidine groups is 1. The average Bonchev–Trinajstić information content (AvgIpc) is 3.54. The minimum Gasteiger partial charge on any atom is -0.491 e. The first-order valence-corrected chi connectivity index (χ1v) is 14.0. The number of hydrogen-bond acceptors (Lipinski definition) is 9. The third-order valence-corrected chi connectivity index (χ3v) is 6.77. The summed E-state index contributed by atoms with van der Waals surface area (Å²) in [5, 5.41) is 5.69. The molecule has 0 fully saturated rings. The number of carbonyl (C=O) groups excluding carboxylic acids is 3. The van der Waals surface area contributed by atoms with E-state index in [1.165, 1.54) is 13.3 Å². The molecule has 0 radical (unpaired) electrons. The summed E-state index contributed by atoms with van der Waals surface area (Å²) in [6.07, 6.45) is 7.41. The minimum absolute atomic E-state index is 0.0198. The number of methoxy groups -OCH3 is 1. The molecule has 0 spiro atoms. The smallest absolute Gasteiger partial charge is 0.259 e. The van der Waals surface area contributed by atoms with Gasteiger partial charge in [-0.3, -0.25) is 34.6 Å². The van der Waals surface area contributed by atoms with Crippen molar-refractivity contribution in [3.63, 3.8) is 0 Å². The van der Waals surface area contributed by atoms with Crippen molar-refractivity contribution in [3.8, 4) is 11.5 Å². The first-order valence-electron chi connectivity index (χ1n) is 14.0. The second-order valence-electron chi connectivity index (χ2n) is 9.74. The molecular formula is C32H32N6O5. The summed E-state index contributed by atoms with van der Waals surface area (Å²) in [5.74, 6) is 1.37. The number of pyridine rings is 1. The number of aromatic nitrogens is 1. The Labute approximate surface area is 249 Å². The number of nitrogens with zero attached hydrogens (tertiary/aromatic N) is 4. The van der Waals surface area contributed by atoms with E-state index in [9.17, 15) is 14.4 Å². The SMILES string of the molecule is COc1c(OCCNC(=O)CCCC(=O)C=Cc2ccccc2)ccc2c1N=C(NC(=O)c1cccnc1)N1CCN=C21. The van der Waals surface area contributed by atoms with Crippen LogP contribution in [0.2, 0.25) is 0 Å². The van der Waals surface area contributed by atoms with Crippen LogP contribution in [0.1, 0.15) is 40.7 Å². The van der Waals surface area contributed by atoms with Crippen molar-refractivity contribution < 1.29 is 23.9 Å². The van der Waals surface area contributed by atoms with E-state index in [2.05, 4.69) is 20.6 Å². The highest BCUT2D eigenvalue weighted by molar-refractivity contribution is 6.20. The molecule has 11 nitrogen and oxygen atoms in total. The van der Waals surface area contributed by atoms with Crippen LogP contribution in [-0.2, 0) is 9.59 Å². The number of amides is 2. The Morgan fingerprint density at radius 2 is 1.91 bits per heavy atom. The highest BCUT2D eigenvalue weighted by Crippen LogP contribution is 2.43.